The molecule has 0 aromatic heterocycles. The summed E-state index contributed by atoms with van der Waals surface area (Å²) >= 11 is 7.40. The van der Waals surface area contributed by atoms with E-state index >= 15 is 0 Å². The minimum Gasteiger partial charge on any atom is -0.349 e. The second-order valence-electron chi connectivity index (χ2n) is 5.72. The number of amides is 2. The molecular formula is C19H21ClN2O2S. The van der Waals surface area contributed by atoms with E-state index in [1.807, 2.05) is 56.3 Å². The van der Waals surface area contributed by atoms with Crippen molar-refractivity contribution in [1.82, 2.24) is 5.32 Å². The van der Waals surface area contributed by atoms with Gasteiger partial charge in [-0.25, -0.2) is 0 Å². The molecule has 2 amide bonds. The number of benzene rings is 2. The summed E-state index contributed by atoms with van der Waals surface area (Å²) in [6.07, 6.45) is 0. The molecule has 2 rings (SSSR count). The highest BCUT2D eigenvalue weighted by Crippen LogP contribution is 2.22. The van der Waals surface area contributed by atoms with Gasteiger partial charge in [0.2, 0.25) is 11.8 Å². The second-order valence-corrected chi connectivity index (χ2v) is 7.11. The van der Waals surface area contributed by atoms with Crippen LogP contribution in [0.4, 0.5) is 5.69 Å². The number of halogens is 1. The first-order valence-corrected chi connectivity index (χ1v) is 9.47. The zero-order valence-electron chi connectivity index (χ0n) is 14.2. The summed E-state index contributed by atoms with van der Waals surface area (Å²) in [6.45, 7) is 3.85. The predicted molar refractivity (Wildman–Crippen MR) is 105 cm³/mol. The summed E-state index contributed by atoms with van der Waals surface area (Å²) in [5.74, 6) is 0.195. The largest absolute Gasteiger partial charge is 0.349 e. The van der Waals surface area contributed by atoms with Crippen molar-refractivity contribution in [2.45, 2.75) is 19.9 Å². The molecule has 0 saturated carbocycles. The van der Waals surface area contributed by atoms with E-state index in [1.54, 1.807) is 6.07 Å². The molecule has 0 aliphatic carbocycles. The Kier molecular flexibility index (Phi) is 7.34. The van der Waals surface area contributed by atoms with Crippen molar-refractivity contribution >= 4 is 40.9 Å². The number of thioether (sulfide) groups is 1. The van der Waals surface area contributed by atoms with Crippen LogP contribution in [0.3, 0.4) is 0 Å². The van der Waals surface area contributed by atoms with Crippen LogP contribution in [0, 0.1) is 6.92 Å². The normalized spacial score (nSPS) is 11.6. The number of aryl methyl sites for hydroxylation is 1. The molecule has 4 nitrogen and oxygen atoms in total. The molecule has 0 aliphatic heterocycles. The fourth-order valence-corrected chi connectivity index (χ4v) is 3.27. The quantitative estimate of drug-likeness (QED) is 0.761. The van der Waals surface area contributed by atoms with Gasteiger partial charge in [0.1, 0.15) is 0 Å². The molecule has 6 heteroatoms. The SMILES string of the molecule is Cc1cccc(NC(=O)CSCC(=O)NC(C)c2ccccc2Cl)c1. The minimum absolute atomic E-state index is 0.123. The summed E-state index contributed by atoms with van der Waals surface area (Å²) in [5.41, 5.74) is 2.72. The fraction of sp³-hybridized carbons (Fsp3) is 0.263. The van der Waals surface area contributed by atoms with Gasteiger partial charge in [-0.15, -0.1) is 11.8 Å². The highest BCUT2D eigenvalue weighted by molar-refractivity contribution is 8.00. The molecule has 0 spiro atoms. The summed E-state index contributed by atoms with van der Waals surface area (Å²) in [5, 5.41) is 6.34. The maximum absolute atomic E-state index is 12.0. The van der Waals surface area contributed by atoms with Crippen molar-refractivity contribution in [2.24, 2.45) is 0 Å². The van der Waals surface area contributed by atoms with Crippen LogP contribution >= 0.6 is 23.4 Å². The maximum atomic E-state index is 12.0. The molecule has 0 radical (unpaired) electrons. The summed E-state index contributed by atoms with van der Waals surface area (Å²) in [4.78, 5) is 23.9. The first kappa shape index (κ1) is 19.3. The Hall–Kier alpha value is -1.98. The Morgan fingerprint density at radius 3 is 2.52 bits per heavy atom. The van der Waals surface area contributed by atoms with Crippen molar-refractivity contribution in [3.63, 3.8) is 0 Å². The molecule has 2 aromatic rings. The van der Waals surface area contributed by atoms with Crippen molar-refractivity contribution in [3.8, 4) is 0 Å². The van der Waals surface area contributed by atoms with E-state index < -0.39 is 0 Å². The van der Waals surface area contributed by atoms with Gasteiger partial charge in [0.15, 0.2) is 0 Å². The van der Waals surface area contributed by atoms with Crippen LogP contribution in [0.2, 0.25) is 5.02 Å². The summed E-state index contributed by atoms with van der Waals surface area (Å²) in [7, 11) is 0. The average Bonchev–Trinajstić information content (AvgIpc) is 2.55. The number of carbonyl (C=O) groups is 2. The highest BCUT2D eigenvalue weighted by Gasteiger charge is 2.13. The maximum Gasteiger partial charge on any atom is 0.234 e. The number of hydrogen-bond acceptors (Lipinski definition) is 3. The monoisotopic (exact) mass is 376 g/mol. The van der Waals surface area contributed by atoms with Gasteiger partial charge < -0.3 is 10.6 Å². The molecule has 0 heterocycles. The van der Waals surface area contributed by atoms with Gasteiger partial charge in [0.05, 0.1) is 17.5 Å². The third-order valence-electron chi connectivity index (χ3n) is 3.52. The topological polar surface area (TPSA) is 58.2 Å². The van der Waals surface area contributed by atoms with E-state index in [4.69, 9.17) is 11.6 Å². The molecule has 1 atom stereocenters. The van der Waals surface area contributed by atoms with Crippen molar-refractivity contribution in [1.29, 1.82) is 0 Å². The molecule has 0 aliphatic rings. The fourth-order valence-electron chi connectivity index (χ4n) is 2.34. The van der Waals surface area contributed by atoms with Crippen LogP contribution in [0.25, 0.3) is 0 Å². The second kappa shape index (κ2) is 9.49. The standard InChI is InChI=1S/C19H21ClN2O2S/c1-13-6-5-7-15(10-13)22-19(24)12-25-11-18(23)21-14(2)16-8-3-4-9-17(16)20/h3-10,14H,11-12H2,1-2H3,(H,21,23)(H,22,24). The lowest BCUT2D eigenvalue weighted by atomic mass is 10.1. The number of anilines is 1. The number of hydrogen-bond donors (Lipinski definition) is 2. The lowest BCUT2D eigenvalue weighted by Gasteiger charge is -2.15. The van der Waals surface area contributed by atoms with E-state index in [1.165, 1.54) is 11.8 Å². The van der Waals surface area contributed by atoms with E-state index in [2.05, 4.69) is 10.6 Å². The lowest BCUT2D eigenvalue weighted by molar-refractivity contribution is -0.119. The molecule has 0 bridgehead atoms. The molecular weight excluding hydrogens is 356 g/mol. The van der Waals surface area contributed by atoms with Crippen LogP contribution in [0.15, 0.2) is 48.5 Å². The minimum atomic E-state index is -0.178. The number of rotatable bonds is 7. The van der Waals surface area contributed by atoms with Crippen LogP contribution in [-0.2, 0) is 9.59 Å². The molecule has 0 fully saturated rings. The van der Waals surface area contributed by atoms with E-state index in [-0.39, 0.29) is 29.4 Å². The summed E-state index contributed by atoms with van der Waals surface area (Å²) in [6, 6.07) is 14.8. The molecule has 132 valence electrons. The van der Waals surface area contributed by atoms with Gasteiger partial charge in [-0.05, 0) is 43.2 Å². The number of carbonyl (C=O) groups excluding carboxylic acids is 2. The smallest absolute Gasteiger partial charge is 0.234 e. The average molecular weight is 377 g/mol. The molecule has 25 heavy (non-hydrogen) atoms. The van der Waals surface area contributed by atoms with Crippen LogP contribution in [-0.4, -0.2) is 23.3 Å². The first-order valence-electron chi connectivity index (χ1n) is 7.94. The van der Waals surface area contributed by atoms with Crippen LogP contribution < -0.4 is 10.6 Å². The molecule has 1 unspecified atom stereocenters. The zero-order valence-corrected chi connectivity index (χ0v) is 15.8. The Morgan fingerprint density at radius 1 is 1.08 bits per heavy atom. The Balaban J connectivity index is 1.73. The first-order chi connectivity index (χ1) is 12.0. The Morgan fingerprint density at radius 2 is 1.80 bits per heavy atom. The van der Waals surface area contributed by atoms with Gasteiger partial charge >= 0.3 is 0 Å². The Labute approximate surface area is 157 Å². The zero-order chi connectivity index (χ0) is 18.2. The lowest BCUT2D eigenvalue weighted by Crippen LogP contribution is -2.29. The summed E-state index contributed by atoms with van der Waals surface area (Å²) < 4.78 is 0. The van der Waals surface area contributed by atoms with Gasteiger partial charge in [0.25, 0.3) is 0 Å². The van der Waals surface area contributed by atoms with Crippen molar-refractivity contribution < 1.29 is 9.59 Å². The van der Waals surface area contributed by atoms with Crippen LogP contribution in [0.5, 0.6) is 0 Å². The van der Waals surface area contributed by atoms with Crippen LogP contribution in [0.1, 0.15) is 24.1 Å². The van der Waals surface area contributed by atoms with Crippen molar-refractivity contribution in [3.05, 3.63) is 64.7 Å². The van der Waals surface area contributed by atoms with Gasteiger partial charge in [-0.1, -0.05) is 41.9 Å². The number of nitrogens with one attached hydrogen (secondary N) is 2. The molecule has 2 N–H and O–H groups in total. The van der Waals surface area contributed by atoms with Gasteiger partial charge in [-0.3, -0.25) is 9.59 Å². The molecule has 0 saturated heterocycles. The van der Waals surface area contributed by atoms with E-state index in [0.717, 1.165) is 16.8 Å². The van der Waals surface area contributed by atoms with Gasteiger partial charge in [0, 0.05) is 10.7 Å². The third-order valence-corrected chi connectivity index (χ3v) is 4.79. The highest BCUT2D eigenvalue weighted by atomic mass is 35.5. The van der Waals surface area contributed by atoms with E-state index in [9.17, 15) is 9.59 Å². The van der Waals surface area contributed by atoms with E-state index in [0.29, 0.717) is 5.02 Å². The van der Waals surface area contributed by atoms with Gasteiger partial charge in [-0.2, -0.15) is 0 Å². The predicted octanol–water partition coefficient (Wildman–Crippen LogP) is 4.20. The van der Waals surface area contributed by atoms with Crippen molar-refractivity contribution in [2.75, 3.05) is 16.8 Å². The molecule has 2 aromatic carbocycles. The third kappa shape index (κ3) is 6.44. The Bertz CT molecular complexity index is 752.